The van der Waals surface area contributed by atoms with Crippen LogP contribution >= 0.6 is 0 Å². The van der Waals surface area contributed by atoms with Gasteiger partial charge in [0.15, 0.2) is 0 Å². The Labute approximate surface area is 171 Å². The predicted octanol–water partition coefficient (Wildman–Crippen LogP) is 2.06. The van der Waals surface area contributed by atoms with Gasteiger partial charge in [-0.15, -0.1) is 0 Å². The molecule has 3 rings (SSSR count). The number of carbonyl (C=O) groups excluding carboxylic acids is 1. The van der Waals surface area contributed by atoms with Crippen LogP contribution in [-0.2, 0) is 17.1 Å². The van der Waals surface area contributed by atoms with E-state index >= 15 is 0 Å². The molecule has 0 radical (unpaired) electrons. The average molecular weight is 418 g/mol. The van der Waals surface area contributed by atoms with Gasteiger partial charge in [-0.25, -0.2) is 8.42 Å². The summed E-state index contributed by atoms with van der Waals surface area (Å²) in [6.07, 6.45) is 4.64. The van der Waals surface area contributed by atoms with Crippen molar-refractivity contribution in [3.63, 3.8) is 0 Å². The third-order valence-corrected chi connectivity index (χ3v) is 7.30. The van der Waals surface area contributed by atoms with Crippen molar-refractivity contribution in [3.05, 3.63) is 64.1 Å². The number of benzene rings is 1. The number of pyridine rings is 1. The van der Waals surface area contributed by atoms with Gasteiger partial charge in [0.25, 0.3) is 11.5 Å². The van der Waals surface area contributed by atoms with Gasteiger partial charge in [0.05, 0.1) is 4.90 Å². The quantitative estimate of drug-likeness (QED) is 0.779. The molecule has 0 aliphatic carbocycles. The first kappa shape index (κ1) is 21.3. The summed E-state index contributed by atoms with van der Waals surface area (Å²) < 4.78 is 29.1. The second-order valence-corrected chi connectivity index (χ2v) is 9.35. The van der Waals surface area contributed by atoms with Crippen LogP contribution in [0.1, 0.15) is 41.6 Å². The number of amides is 1. The van der Waals surface area contributed by atoms with E-state index < -0.39 is 15.9 Å². The molecule has 1 fully saturated rings. The van der Waals surface area contributed by atoms with Crippen molar-refractivity contribution >= 4 is 15.9 Å². The van der Waals surface area contributed by atoms with Gasteiger partial charge in [0, 0.05) is 32.4 Å². The van der Waals surface area contributed by atoms with Crippen LogP contribution in [-0.4, -0.2) is 42.3 Å². The Kier molecular flexibility index (Phi) is 6.54. The van der Waals surface area contributed by atoms with Crippen LogP contribution in [0, 0.1) is 6.92 Å². The molecule has 0 saturated carbocycles. The average Bonchev–Trinajstić information content (AvgIpc) is 2.70. The van der Waals surface area contributed by atoms with Crippen LogP contribution < -0.4 is 10.9 Å². The molecular formula is C21H27N3O4S. The van der Waals surface area contributed by atoms with Crippen LogP contribution in [0.3, 0.4) is 0 Å². The summed E-state index contributed by atoms with van der Waals surface area (Å²) in [6.45, 7) is 2.71. The molecular weight excluding hydrogens is 390 g/mol. The van der Waals surface area contributed by atoms with Crippen molar-refractivity contribution in [2.45, 2.75) is 43.5 Å². The minimum Gasteiger partial charge on any atom is -0.352 e. The maximum absolute atomic E-state index is 13.1. The van der Waals surface area contributed by atoms with E-state index in [0.29, 0.717) is 24.4 Å². The minimum absolute atomic E-state index is 0.0859. The first-order chi connectivity index (χ1) is 13.8. The summed E-state index contributed by atoms with van der Waals surface area (Å²) in [5.41, 5.74) is 0.739. The molecule has 0 bridgehead atoms. The number of hydrogen-bond acceptors (Lipinski definition) is 4. The molecule has 2 aromatic rings. The van der Waals surface area contributed by atoms with Gasteiger partial charge < -0.3 is 9.88 Å². The highest BCUT2D eigenvalue weighted by atomic mass is 32.2. The molecule has 8 heteroatoms. The molecule has 156 valence electrons. The minimum atomic E-state index is -3.58. The Morgan fingerprint density at radius 2 is 1.90 bits per heavy atom. The smallest absolute Gasteiger partial charge is 0.263 e. The first-order valence-corrected chi connectivity index (χ1v) is 11.3. The van der Waals surface area contributed by atoms with E-state index in [2.05, 4.69) is 5.32 Å². The largest absolute Gasteiger partial charge is 0.352 e. The van der Waals surface area contributed by atoms with E-state index in [9.17, 15) is 18.0 Å². The zero-order valence-electron chi connectivity index (χ0n) is 16.8. The molecule has 1 aromatic heterocycles. The van der Waals surface area contributed by atoms with Gasteiger partial charge in [0.2, 0.25) is 10.0 Å². The van der Waals surface area contributed by atoms with Gasteiger partial charge in [0.1, 0.15) is 5.56 Å². The van der Waals surface area contributed by atoms with Crippen LogP contribution in [0.2, 0.25) is 0 Å². The van der Waals surface area contributed by atoms with E-state index in [1.54, 1.807) is 47.9 Å². The number of nitrogens with one attached hydrogen (secondary N) is 1. The summed E-state index contributed by atoms with van der Waals surface area (Å²) in [6, 6.07) is 9.85. The van der Waals surface area contributed by atoms with Crippen molar-refractivity contribution < 1.29 is 13.2 Å². The molecule has 0 unspecified atom stereocenters. The molecule has 1 saturated heterocycles. The van der Waals surface area contributed by atoms with E-state index in [4.69, 9.17) is 0 Å². The Morgan fingerprint density at radius 1 is 1.17 bits per heavy atom. The lowest BCUT2D eigenvalue weighted by Crippen LogP contribution is -2.45. The second-order valence-electron chi connectivity index (χ2n) is 7.46. The van der Waals surface area contributed by atoms with Gasteiger partial charge in [-0.05, 0) is 50.5 Å². The number of sulfonamides is 1. The molecule has 1 amide bonds. The lowest BCUT2D eigenvalue weighted by Gasteiger charge is -2.34. The zero-order valence-corrected chi connectivity index (χ0v) is 17.6. The second kappa shape index (κ2) is 8.92. The Bertz CT molecular complexity index is 1030. The topological polar surface area (TPSA) is 88.5 Å². The van der Waals surface area contributed by atoms with E-state index in [0.717, 1.165) is 24.8 Å². The Hall–Kier alpha value is -2.45. The van der Waals surface area contributed by atoms with Gasteiger partial charge in [-0.1, -0.05) is 24.1 Å². The number of aromatic nitrogens is 1. The summed E-state index contributed by atoms with van der Waals surface area (Å²) >= 11 is 0. The molecule has 1 aliphatic rings. The van der Waals surface area contributed by atoms with Gasteiger partial charge in [-0.3, -0.25) is 9.59 Å². The van der Waals surface area contributed by atoms with Gasteiger partial charge >= 0.3 is 0 Å². The van der Waals surface area contributed by atoms with Crippen LogP contribution in [0.5, 0.6) is 0 Å². The van der Waals surface area contributed by atoms with E-state index in [-0.39, 0.29) is 17.2 Å². The fourth-order valence-corrected chi connectivity index (χ4v) is 5.37. The molecule has 29 heavy (non-hydrogen) atoms. The highest BCUT2D eigenvalue weighted by molar-refractivity contribution is 7.89. The molecule has 1 aromatic carbocycles. The number of piperidine rings is 1. The van der Waals surface area contributed by atoms with Crippen molar-refractivity contribution in [2.75, 3.05) is 13.1 Å². The summed E-state index contributed by atoms with van der Waals surface area (Å²) in [7, 11) is -1.98. The first-order valence-electron chi connectivity index (χ1n) is 9.83. The third-order valence-electron chi connectivity index (χ3n) is 5.33. The van der Waals surface area contributed by atoms with Crippen LogP contribution in [0.4, 0.5) is 0 Å². The summed E-state index contributed by atoms with van der Waals surface area (Å²) in [4.78, 5) is 24.7. The van der Waals surface area contributed by atoms with Gasteiger partial charge in [-0.2, -0.15) is 4.31 Å². The van der Waals surface area contributed by atoms with E-state index in [1.165, 1.54) is 10.6 Å². The lowest BCUT2D eigenvalue weighted by molar-refractivity contribution is 0.0947. The van der Waals surface area contributed by atoms with Crippen molar-refractivity contribution in [2.24, 2.45) is 7.05 Å². The summed E-state index contributed by atoms with van der Waals surface area (Å²) in [5, 5.41) is 2.76. The summed E-state index contributed by atoms with van der Waals surface area (Å²) in [5.74, 6) is -0.435. The Morgan fingerprint density at radius 3 is 2.62 bits per heavy atom. The number of carbonyl (C=O) groups is 1. The fraction of sp³-hybridized carbons (Fsp3) is 0.429. The van der Waals surface area contributed by atoms with E-state index in [1.807, 2.05) is 6.92 Å². The molecule has 1 atom stereocenters. The number of nitrogens with zero attached hydrogens (tertiary/aromatic N) is 2. The maximum atomic E-state index is 13.1. The molecule has 0 spiro atoms. The molecule has 1 aliphatic heterocycles. The third kappa shape index (κ3) is 4.76. The molecule has 7 nitrogen and oxygen atoms in total. The van der Waals surface area contributed by atoms with Crippen molar-refractivity contribution in [1.82, 2.24) is 14.2 Å². The normalized spacial score (nSPS) is 17.8. The Balaban J connectivity index is 1.67. The van der Waals surface area contributed by atoms with Crippen molar-refractivity contribution in [3.8, 4) is 0 Å². The standard InChI is InChI=1S/C21H27N3O4S/c1-16-8-10-18(11-9-16)29(27,28)24-15-4-3-6-17(24)12-13-22-20(25)19-7-5-14-23(2)21(19)26/h5,7-11,14,17H,3-4,6,12-13,15H2,1-2H3,(H,22,25)/t17-/m1/s1. The molecule has 2 heterocycles. The van der Waals surface area contributed by atoms with Crippen molar-refractivity contribution in [1.29, 1.82) is 0 Å². The molecule has 1 N–H and O–H groups in total. The highest BCUT2D eigenvalue weighted by Gasteiger charge is 2.33. The number of hydrogen-bond donors (Lipinski definition) is 1. The zero-order chi connectivity index (χ0) is 21.0. The number of aryl methyl sites for hydroxylation is 2. The number of rotatable bonds is 6. The fourth-order valence-electron chi connectivity index (χ4n) is 3.64. The predicted molar refractivity (Wildman–Crippen MR) is 111 cm³/mol. The maximum Gasteiger partial charge on any atom is 0.263 e. The lowest BCUT2D eigenvalue weighted by atomic mass is 10.0. The highest BCUT2D eigenvalue weighted by Crippen LogP contribution is 2.27. The van der Waals surface area contributed by atoms with Crippen LogP contribution in [0.25, 0.3) is 0 Å². The van der Waals surface area contributed by atoms with Crippen LogP contribution in [0.15, 0.2) is 52.3 Å². The monoisotopic (exact) mass is 417 g/mol. The SMILES string of the molecule is Cc1ccc(S(=O)(=O)N2CCCC[C@@H]2CCNC(=O)c2cccn(C)c2=O)cc1.